The first-order valence-electron chi connectivity index (χ1n) is 9.09. The zero-order valence-corrected chi connectivity index (χ0v) is 15.4. The molecule has 2 N–H and O–H groups in total. The summed E-state index contributed by atoms with van der Waals surface area (Å²) < 4.78 is 5.53. The van der Waals surface area contributed by atoms with E-state index in [1.165, 1.54) is 0 Å². The maximum absolute atomic E-state index is 12.2. The van der Waals surface area contributed by atoms with Crippen LogP contribution in [0.1, 0.15) is 28.8 Å². The minimum absolute atomic E-state index is 0.0943. The van der Waals surface area contributed by atoms with Gasteiger partial charge in [0.05, 0.1) is 0 Å². The number of aliphatic hydroxyl groups is 1. The number of aryl methyl sites for hydroxylation is 1. The monoisotopic (exact) mass is 368 g/mol. The Morgan fingerprint density at radius 2 is 2.04 bits per heavy atom. The van der Waals surface area contributed by atoms with E-state index in [0.717, 1.165) is 24.2 Å². The summed E-state index contributed by atoms with van der Waals surface area (Å²) in [5, 5.41) is 12.7. The predicted molar refractivity (Wildman–Crippen MR) is 103 cm³/mol. The largest absolute Gasteiger partial charge is 0.491 e. The zero-order valence-electron chi connectivity index (χ0n) is 15.4. The Morgan fingerprint density at radius 1 is 1.26 bits per heavy atom. The van der Waals surface area contributed by atoms with Crippen molar-refractivity contribution in [2.75, 3.05) is 24.6 Å². The molecular weight excluding hydrogens is 344 g/mol. The number of carbonyl (C=O) groups excluding carboxylic acids is 2. The summed E-state index contributed by atoms with van der Waals surface area (Å²) in [6.45, 7) is 2.88. The first kappa shape index (κ1) is 18.9. The average Bonchev–Trinajstić information content (AvgIpc) is 3.10. The number of amides is 2. The molecule has 1 fully saturated rings. The van der Waals surface area contributed by atoms with Gasteiger partial charge in [-0.05, 0) is 55.3 Å². The summed E-state index contributed by atoms with van der Waals surface area (Å²) >= 11 is 0. The Balaban J connectivity index is 1.46. The van der Waals surface area contributed by atoms with E-state index in [4.69, 9.17) is 4.74 Å². The van der Waals surface area contributed by atoms with Gasteiger partial charge in [0.15, 0.2) is 0 Å². The minimum Gasteiger partial charge on any atom is -0.491 e. The Hall–Kier alpha value is -2.86. The van der Waals surface area contributed by atoms with E-state index in [-0.39, 0.29) is 25.0 Å². The Kier molecular flexibility index (Phi) is 6.08. The van der Waals surface area contributed by atoms with Crippen LogP contribution in [0.4, 0.5) is 5.69 Å². The van der Waals surface area contributed by atoms with Gasteiger partial charge in [-0.2, -0.15) is 0 Å². The van der Waals surface area contributed by atoms with E-state index in [2.05, 4.69) is 5.32 Å². The second-order valence-corrected chi connectivity index (χ2v) is 6.69. The number of nitrogens with zero attached hydrogens (tertiary/aromatic N) is 1. The minimum atomic E-state index is -0.809. The van der Waals surface area contributed by atoms with Crippen LogP contribution in [0, 0.1) is 6.92 Å². The zero-order chi connectivity index (χ0) is 19.2. The van der Waals surface area contributed by atoms with E-state index in [0.29, 0.717) is 17.7 Å². The number of ether oxygens (including phenoxy) is 1. The van der Waals surface area contributed by atoms with Crippen molar-refractivity contribution < 1.29 is 19.4 Å². The number of nitrogens with one attached hydrogen (secondary N) is 1. The first-order valence-corrected chi connectivity index (χ1v) is 9.09. The molecule has 27 heavy (non-hydrogen) atoms. The quantitative estimate of drug-likeness (QED) is 0.786. The highest BCUT2D eigenvalue weighted by atomic mass is 16.5. The van der Waals surface area contributed by atoms with E-state index in [1.54, 1.807) is 29.2 Å². The molecule has 0 aliphatic carbocycles. The van der Waals surface area contributed by atoms with Crippen molar-refractivity contribution in [1.82, 2.24) is 5.32 Å². The lowest BCUT2D eigenvalue weighted by Crippen LogP contribution is -2.35. The number of hydrogen-bond acceptors (Lipinski definition) is 4. The van der Waals surface area contributed by atoms with Crippen molar-refractivity contribution in [3.05, 3.63) is 59.7 Å². The molecule has 142 valence electrons. The number of carbonyl (C=O) groups is 2. The molecule has 1 atom stereocenters. The van der Waals surface area contributed by atoms with Crippen LogP contribution in [0.2, 0.25) is 0 Å². The van der Waals surface area contributed by atoms with Gasteiger partial charge in [-0.3, -0.25) is 9.59 Å². The van der Waals surface area contributed by atoms with Crippen LogP contribution in [0.15, 0.2) is 48.5 Å². The molecule has 6 nitrogen and oxygen atoms in total. The van der Waals surface area contributed by atoms with Crippen LogP contribution in [0.25, 0.3) is 0 Å². The van der Waals surface area contributed by atoms with Crippen molar-refractivity contribution in [1.29, 1.82) is 0 Å². The standard InChI is InChI=1S/C21H24N2O4/c1-15-4-2-5-19(12-15)27-14-18(24)13-22-21(26)16-7-9-17(10-8-16)23-11-3-6-20(23)25/h2,4-5,7-10,12,18,24H,3,6,11,13-14H2,1H3,(H,22,26). The predicted octanol–water partition coefficient (Wildman–Crippen LogP) is 2.29. The number of rotatable bonds is 7. The van der Waals surface area contributed by atoms with Crippen LogP contribution in [-0.2, 0) is 4.79 Å². The highest BCUT2D eigenvalue weighted by Crippen LogP contribution is 2.21. The Morgan fingerprint density at radius 3 is 2.70 bits per heavy atom. The van der Waals surface area contributed by atoms with Gasteiger partial charge in [0.25, 0.3) is 5.91 Å². The molecule has 0 saturated carbocycles. The molecule has 1 saturated heterocycles. The third-order valence-electron chi connectivity index (χ3n) is 4.44. The maximum Gasteiger partial charge on any atom is 0.251 e. The normalized spacial score (nSPS) is 14.9. The third kappa shape index (κ3) is 5.08. The van der Waals surface area contributed by atoms with Crippen molar-refractivity contribution >= 4 is 17.5 Å². The van der Waals surface area contributed by atoms with Gasteiger partial charge in [-0.15, -0.1) is 0 Å². The molecule has 1 heterocycles. The summed E-state index contributed by atoms with van der Waals surface area (Å²) in [4.78, 5) is 25.7. The molecule has 2 amide bonds. The molecule has 3 rings (SSSR count). The molecule has 2 aromatic carbocycles. The van der Waals surface area contributed by atoms with E-state index in [1.807, 2.05) is 31.2 Å². The summed E-state index contributed by atoms with van der Waals surface area (Å²) in [5.74, 6) is 0.528. The molecule has 1 aliphatic rings. The Bertz CT molecular complexity index is 804. The first-order chi connectivity index (χ1) is 13.0. The van der Waals surface area contributed by atoms with Crippen LogP contribution in [-0.4, -0.2) is 42.7 Å². The molecular formula is C21H24N2O4. The summed E-state index contributed by atoms with van der Waals surface area (Å²) in [7, 11) is 0. The molecule has 1 aliphatic heterocycles. The number of aliphatic hydroxyl groups excluding tert-OH is 1. The highest BCUT2D eigenvalue weighted by molar-refractivity contribution is 5.97. The molecule has 0 spiro atoms. The molecule has 6 heteroatoms. The van der Waals surface area contributed by atoms with Crippen LogP contribution in [0.5, 0.6) is 5.75 Å². The lowest BCUT2D eigenvalue weighted by Gasteiger charge is -2.16. The van der Waals surface area contributed by atoms with Crippen LogP contribution >= 0.6 is 0 Å². The molecule has 1 unspecified atom stereocenters. The lowest BCUT2D eigenvalue weighted by molar-refractivity contribution is -0.117. The fraction of sp³-hybridized carbons (Fsp3) is 0.333. The van der Waals surface area contributed by atoms with Crippen molar-refractivity contribution in [2.24, 2.45) is 0 Å². The van der Waals surface area contributed by atoms with Gasteiger partial charge in [0.1, 0.15) is 18.5 Å². The average molecular weight is 368 g/mol. The van der Waals surface area contributed by atoms with E-state index < -0.39 is 6.10 Å². The topological polar surface area (TPSA) is 78.9 Å². The molecule has 0 radical (unpaired) electrons. The van der Waals surface area contributed by atoms with Gasteiger partial charge in [-0.25, -0.2) is 0 Å². The van der Waals surface area contributed by atoms with Gasteiger partial charge < -0.3 is 20.1 Å². The number of benzene rings is 2. The van der Waals surface area contributed by atoms with Crippen molar-refractivity contribution in [3.8, 4) is 5.75 Å². The lowest BCUT2D eigenvalue weighted by atomic mass is 10.2. The summed E-state index contributed by atoms with van der Waals surface area (Å²) in [6.07, 6.45) is 0.630. The van der Waals surface area contributed by atoms with Gasteiger partial charge >= 0.3 is 0 Å². The van der Waals surface area contributed by atoms with Crippen LogP contribution in [0.3, 0.4) is 0 Å². The Labute approximate surface area is 158 Å². The van der Waals surface area contributed by atoms with E-state index >= 15 is 0 Å². The van der Waals surface area contributed by atoms with Crippen molar-refractivity contribution in [2.45, 2.75) is 25.9 Å². The second kappa shape index (κ2) is 8.68. The highest BCUT2D eigenvalue weighted by Gasteiger charge is 2.21. The van der Waals surface area contributed by atoms with Gasteiger partial charge in [-0.1, -0.05) is 12.1 Å². The SMILES string of the molecule is Cc1cccc(OCC(O)CNC(=O)c2ccc(N3CCCC3=O)cc2)c1. The molecule has 2 aromatic rings. The summed E-state index contributed by atoms with van der Waals surface area (Å²) in [5.41, 5.74) is 2.37. The fourth-order valence-electron chi connectivity index (χ4n) is 2.98. The molecule has 0 aromatic heterocycles. The third-order valence-corrected chi connectivity index (χ3v) is 4.44. The van der Waals surface area contributed by atoms with Gasteiger partial charge in [0, 0.05) is 30.8 Å². The number of anilines is 1. The smallest absolute Gasteiger partial charge is 0.251 e. The fourth-order valence-corrected chi connectivity index (χ4v) is 2.98. The molecule has 0 bridgehead atoms. The van der Waals surface area contributed by atoms with Crippen molar-refractivity contribution in [3.63, 3.8) is 0 Å². The van der Waals surface area contributed by atoms with Gasteiger partial charge in [0.2, 0.25) is 5.91 Å². The van der Waals surface area contributed by atoms with Crippen LogP contribution < -0.4 is 15.0 Å². The van der Waals surface area contributed by atoms with E-state index in [9.17, 15) is 14.7 Å². The summed E-state index contributed by atoms with van der Waals surface area (Å²) in [6, 6.07) is 14.5. The maximum atomic E-state index is 12.2. The second-order valence-electron chi connectivity index (χ2n) is 6.69. The number of hydrogen-bond donors (Lipinski definition) is 2.